The van der Waals surface area contributed by atoms with Crippen molar-refractivity contribution in [1.29, 1.82) is 0 Å². The lowest BCUT2D eigenvalue weighted by Crippen LogP contribution is -2.17. The Morgan fingerprint density at radius 3 is 2.53 bits per heavy atom. The zero-order valence-electron chi connectivity index (χ0n) is 10.2. The molecule has 4 nitrogen and oxygen atoms in total. The highest BCUT2D eigenvalue weighted by atomic mass is 79.9. The van der Waals surface area contributed by atoms with Gasteiger partial charge in [0.15, 0.2) is 0 Å². The molecule has 0 saturated heterocycles. The fourth-order valence-electron chi connectivity index (χ4n) is 1.52. The summed E-state index contributed by atoms with van der Waals surface area (Å²) >= 11 is 2.94. The normalized spacial score (nSPS) is 12.7. The summed E-state index contributed by atoms with van der Waals surface area (Å²) < 4.78 is 37.9. The molecule has 0 spiro atoms. The Balaban J connectivity index is 2.98. The summed E-state index contributed by atoms with van der Waals surface area (Å²) in [5, 5.41) is 3.10. The molecule has 0 aliphatic rings. The summed E-state index contributed by atoms with van der Waals surface area (Å²) in [4.78, 5) is 17.4. The van der Waals surface area contributed by atoms with Crippen molar-refractivity contribution >= 4 is 23.5 Å². The van der Waals surface area contributed by atoms with Crippen LogP contribution in [0, 0.1) is 0 Å². The minimum absolute atomic E-state index is 0.00479. The zero-order chi connectivity index (χ0) is 14.7. The molecule has 0 aliphatic carbocycles. The maximum atomic E-state index is 13.6. The van der Waals surface area contributed by atoms with Crippen molar-refractivity contribution in [3.8, 4) is 0 Å². The Hall–Kier alpha value is -0.330. The van der Waals surface area contributed by atoms with Crippen molar-refractivity contribution in [3.05, 3.63) is 33.8 Å². The van der Waals surface area contributed by atoms with Gasteiger partial charge in [0.1, 0.15) is 0 Å². The van der Waals surface area contributed by atoms with Crippen LogP contribution >= 0.6 is 23.5 Å². The molecule has 108 valence electrons. The van der Waals surface area contributed by atoms with Gasteiger partial charge in [0, 0.05) is 10.0 Å². The van der Waals surface area contributed by atoms with E-state index < -0.39 is 18.8 Å². The number of nitrogens with one attached hydrogen (secondary N) is 1. The number of likely N-dealkylation sites (N-methyl/N-ethyl adjacent to an activating group) is 1. The number of hydrogen-bond donors (Lipinski definition) is 3. The number of halogens is 3. The monoisotopic (exact) mass is 357 g/mol. The highest BCUT2D eigenvalue weighted by molar-refractivity contribution is 9.10. The fourth-order valence-corrected chi connectivity index (χ4v) is 2.86. The van der Waals surface area contributed by atoms with E-state index in [1.54, 1.807) is 0 Å². The van der Waals surface area contributed by atoms with E-state index in [-0.39, 0.29) is 4.47 Å². The van der Waals surface area contributed by atoms with Crippen molar-refractivity contribution in [2.24, 2.45) is 0 Å². The SMILES string of the molecule is CCNCCc1ccc(C(F)(F)P(=O)(O)O)c(Br)c1. The molecule has 8 heteroatoms. The first-order valence-corrected chi connectivity index (χ1v) is 8.03. The second-order valence-corrected chi connectivity index (χ2v) is 6.51. The van der Waals surface area contributed by atoms with Crippen LogP contribution in [0.1, 0.15) is 18.1 Å². The quantitative estimate of drug-likeness (QED) is 0.540. The average molecular weight is 358 g/mol. The lowest BCUT2D eigenvalue weighted by Gasteiger charge is -2.19. The van der Waals surface area contributed by atoms with Gasteiger partial charge in [-0.1, -0.05) is 35.0 Å². The van der Waals surface area contributed by atoms with E-state index in [0.717, 1.165) is 18.2 Å². The number of benzene rings is 1. The topological polar surface area (TPSA) is 69.6 Å². The summed E-state index contributed by atoms with van der Waals surface area (Å²) in [6.07, 6.45) is 0.647. The lowest BCUT2D eigenvalue weighted by atomic mass is 10.1. The van der Waals surface area contributed by atoms with Gasteiger partial charge in [-0.25, -0.2) is 0 Å². The van der Waals surface area contributed by atoms with Crippen molar-refractivity contribution in [2.45, 2.75) is 19.0 Å². The van der Waals surface area contributed by atoms with E-state index in [9.17, 15) is 13.3 Å². The molecule has 19 heavy (non-hydrogen) atoms. The molecule has 0 radical (unpaired) electrons. The van der Waals surface area contributed by atoms with Crippen LogP contribution < -0.4 is 5.32 Å². The smallest absolute Gasteiger partial charge is 0.320 e. The van der Waals surface area contributed by atoms with Gasteiger partial charge in [0.05, 0.1) is 0 Å². The molecular weight excluding hydrogens is 343 g/mol. The Morgan fingerprint density at radius 2 is 2.05 bits per heavy atom. The van der Waals surface area contributed by atoms with E-state index in [2.05, 4.69) is 21.2 Å². The van der Waals surface area contributed by atoms with Crippen molar-refractivity contribution < 1.29 is 23.1 Å². The molecule has 0 bridgehead atoms. The molecule has 0 aromatic heterocycles. The maximum Gasteiger partial charge on any atom is 0.399 e. The Kier molecular flexibility index (Phi) is 5.65. The highest BCUT2D eigenvalue weighted by Crippen LogP contribution is 2.60. The number of alkyl halides is 2. The fraction of sp³-hybridized carbons (Fsp3) is 0.455. The van der Waals surface area contributed by atoms with Gasteiger partial charge in [-0.3, -0.25) is 4.57 Å². The van der Waals surface area contributed by atoms with Crippen LogP contribution in [0.2, 0.25) is 0 Å². The molecule has 0 amide bonds. The van der Waals surface area contributed by atoms with Gasteiger partial charge in [-0.15, -0.1) is 0 Å². The number of rotatable bonds is 6. The molecule has 3 N–H and O–H groups in total. The van der Waals surface area contributed by atoms with E-state index in [1.165, 1.54) is 12.1 Å². The number of hydrogen-bond acceptors (Lipinski definition) is 2. The molecule has 1 aromatic carbocycles. The predicted octanol–water partition coefficient (Wildman–Crippen LogP) is 2.83. The molecular formula is C11H15BrF2NO3P. The van der Waals surface area contributed by atoms with Crippen molar-refractivity contribution in [3.63, 3.8) is 0 Å². The Bertz CT molecular complexity index is 493. The molecule has 0 aliphatic heterocycles. The van der Waals surface area contributed by atoms with Crippen LogP contribution in [0.3, 0.4) is 0 Å². The third-order valence-electron chi connectivity index (χ3n) is 2.56. The van der Waals surface area contributed by atoms with Crippen LogP contribution in [0.4, 0.5) is 8.78 Å². The molecule has 0 fully saturated rings. The van der Waals surface area contributed by atoms with Crippen molar-refractivity contribution in [1.82, 2.24) is 5.32 Å². The molecule has 1 aromatic rings. The third-order valence-corrected chi connectivity index (χ3v) is 4.19. The van der Waals surface area contributed by atoms with Crippen molar-refractivity contribution in [2.75, 3.05) is 13.1 Å². The minimum Gasteiger partial charge on any atom is -0.320 e. The summed E-state index contributed by atoms with van der Waals surface area (Å²) in [6.45, 7) is 3.48. The molecule has 0 heterocycles. The van der Waals surface area contributed by atoms with E-state index in [1.807, 2.05) is 6.92 Å². The summed E-state index contributed by atoms with van der Waals surface area (Å²) in [6, 6.07) is 3.95. The van der Waals surface area contributed by atoms with Crippen LogP contribution in [0.25, 0.3) is 0 Å². The van der Waals surface area contributed by atoms with Gasteiger partial charge in [0.2, 0.25) is 0 Å². The predicted molar refractivity (Wildman–Crippen MR) is 72.3 cm³/mol. The van der Waals surface area contributed by atoms with Crippen LogP contribution in [-0.2, 0) is 16.6 Å². The first-order valence-electron chi connectivity index (χ1n) is 5.63. The van der Waals surface area contributed by atoms with Gasteiger partial charge < -0.3 is 15.1 Å². The first kappa shape index (κ1) is 16.7. The summed E-state index contributed by atoms with van der Waals surface area (Å²) in [7, 11) is -5.53. The Morgan fingerprint density at radius 1 is 1.42 bits per heavy atom. The summed E-state index contributed by atoms with van der Waals surface area (Å²) in [5.74, 6) is 0. The standard InChI is InChI=1S/C11H15BrF2NO3P/c1-2-15-6-5-8-3-4-9(10(12)7-8)11(13,14)19(16,17)18/h3-4,7,15H,2,5-6H2,1H3,(H2,16,17,18). The third kappa shape index (κ3) is 4.07. The van der Waals surface area contributed by atoms with Crippen LogP contribution in [0.15, 0.2) is 22.7 Å². The zero-order valence-corrected chi connectivity index (χ0v) is 12.7. The maximum absolute atomic E-state index is 13.6. The second-order valence-electron chi connectivity index (χ2n) is 4.00. The second kappa shape index (κ2) is 6.41. The minimum atomic E-state index is -5.53. The summed E-state index contributed by atoms with van der Waals surface area (Å²) in [5.41, 5.74) is -4.09. The van der Waals surface area contributed by atoms with Crippen LogP contribution in [0.5, 0.6) is 0 Å². The van der Waals surface area contributed by atoms with E-state index in [4.69, 9.17) is 9.79 Å². The first-order chi connectivity index (χ1) is 8.70. The Labute approximate surface area is 118 Å². The van der Waals surface area contributed by atoms with Gasteiger partial charge in [-0.2, -0.15) is 8.78 Å². The molecule has 1 rings (SSSR count). The largest absolute Gasteiger partial charge is 0.399 e. The lowest BCUT2D eigenvalue weighted by molar-refractivity contribution is 0.0557. The van der Waals surface area contributed by atoms with Gasteiger partial charge in [0.25, 0.3) is 0 Å². The highest BCUT2D eigenvalue weighted by Gasteiger charge is 2.51. The molecule has 0 unspecified atom stereocenters. The van der Waals surface area contributed by atoms with Crippen LogP contribution in [-0.4, -0.2) is 22.9 Å². The molecule has 0 saturated carbocycles. The van der Waals surface area contributed by atoms with E-state index >= 15 is 0 Å². The van der Waals surface area contributed by atoms with Gasteiger partial charge >= 0.3 is 13.3 Å². The molecule has 0 atom stereocenters. The average Bonchev–Trinajstić information content (AvgIpc) is 2.27. The van der Waals surface area contributed by atoms with Gasteiger partial charge in [-0.05, 0) is 31.1 Å². The van der Waals surface area contributed by atoms with E-state index in [0.29, 0.717) is 13.0 Å².